The molecule has 2 unspecified atom stereocenters. The van der Waals surface area contributed by atoms with Gasteiger partial charge in [-0.1, -0.05) is 0 Å². The van der Waals surface area contributed by atoms with Gasteiger partial charge in [0.15, 0.2) is 0 Å². The predicted molar refractivity (Wildman–Crippen MR) is 66.4 cm³/mol. The van der Waals surface area contributed by atoms with E-state index in [2.05, 4.69) is 0 Å². The molecule has 0 N–H and O–H groups in total. The van der Waals surface area contributed by atoms with Gasteiger partial charge in [-0.15, -0.1) is 0 Å². The first-order valence-corrected chi connectivity index (χ1v) is 25.8. The number of rotatable bonds is 5. The SMILES string of the molecule is [CH3][Sn]([CH3])([CH3])[CH](F)C(F)(F)C(F)[C](F)(F)[Sn]([CH3])([CH3])[CH3]. The molecule has 0 amide bonds. The Balaban J connectivity index is 5.39. The van der Waals surface area contributed by atoms with E-state index in [-0.39, 0.29) is 0 Å². The van der Waals surface area contributed by atoms with Crippen LogP contribution in [0.1, 0.15) is 0 Å². The average molecular weight is 492 g/mol. The fourth-order valence-electron chi connectivity index (χ4n) is 1.33. The van der Waals surface area contributed by atoms with Crippen LogP contribution in [0.15, 0.2) is 0 Å². The summed E-state index contributed by atoms with van der Waals surface area (Å²) in [5.41, 5.74) is 0. The second-order valence-corrected chi connectivity index (χ2v) is 36.3. The molecule has 18 heavy (non-hydrogen) atoms. The molecule has 8 heteroatoms. The standard InChI is InChI=1S/C4H2F6.6CH3.2Sn/c5-1-4(9,10)2(6)3(7)8;;;;;;;;/h1-2H;6*1H3;;. The predicted octanol–water partition coefficient (Wildman–Crippen LogP) is 4.69. The fraction of sp³-hybridized carbons (Fsp3) is 1.00. The maximum atomic E-state index is 13.7. The van der Waals surface area contributed by atoms with Crippen molar-refractivity contribution < 1.29 is 26.3 Å². The third kappa shape index (κ3) is 3.85. The van der Waals surface area contributed by atoms with E-state index in [1.807, 2.05) is 0 Å². The first kappa shape index (κ1) is 19.2. The molecule has 0 saturated carbocycles. The van der Waals surface area contributed by atoms with Crippen LogP contribution >= 0.6 is 0 Å². The van der Waals surface area contributed by atoms with Crippen molar-refractivity contribution in [1.29, 1.82) is 0 Å². The van der Waals surface area contributed by atoms with Crippen molar-refractivity contribution in [2.45, 2.75) is 49.9 Å². The quantitative estimate of drug-likeness (QED) is 0.387. The molecule has 0 aromatic carbocycles. The van der Waals surface area contributed by atoms with E-state index in [1.165, 1.54) is 14.8 Å². The molecular weight excluding hydrogens is 472 g/mol. The van der Waals surface area contributed by atoms with Crippen LogP contribution in [0.4, 0.5) is 26.3 Å². The van der Waals surface area contributed by atoms with Gasteiger partial charge in [0.1, 0.15) is 0 Å². The summed E-state index contributed by atoms with van der Waals surface area (Å²) in [6.07, 6.45) is -3.72. The Morgan fingerprint density at radius 3 is 1.33 bits per heavy atom. The summed E-state index contributed by atoms with van der Waals surface area (Å²) in [6.45, 7) is 0. The number of alkyl halides is 6. The van der Waals surface area contributed by atoms with Gasteiger partial charge in [0, 0.05) is 0 Å². The second kappa shape index (κ2) is 5.52. The Morgan fingerprint density at radius 2 is 1.11 bits per heavy atom. The molecular formula is C10H20F6Sn2. The third-order valence-electron chi connectivity index (χ3n) is 2.75. The summed E-state index contributed by atoms with van der Waals surface area (Å²) in [5, 5.41) is 0. The molecule has 2 atom stereocenters. The molecule has 0 rings (SSSR count). The van der Waals surface area contributed by atoms with Gasteiger partial charge in [-0.2, -0.15) is 0 Å². The molecule has 0 aliphatic rings. The Kier molecular flexibility index (Phi) is 5.88. The molecule has 110 valence electrons. The van der Waals surface area contributed by atoms with E-state index >= 15 is 0 Å². The Labute approximate surface area is 112 Å². The van der Waals surface area contributed by atoms with Gasteiger partial charge >= 0.3 is 113 Å². The van der Waals surface area contributed by atoms with Crippen molar-refractivity contribution in [2.75, 3.05) is 0 Å². The molecule has 0 aliphatic carbocycles. The van der Waals surface area contributed by atoms with E-state index in [1.54, 1.807) is 0 Å². The van der Waals surface area contributed by atoms with Crippen molar-refractivity contribution in [3.63, 3.8) is 0 Å². The second-order valence-electron chi connectivity index (χ2n) is 6.64. The van der Waals surface area contributed by atoms with Gasteiger partial charge in [-0.25, -0.2) is 0 Å². The van der Waals surface area contributed by atoms with Crippen LogP contribution < -0.4 is 0 Å². The molecule has 0 aromatic rings. The average Bonchev–Trinajstić information content (AvgIpc) is 2.11. The first-order valence-electron chi connectivity index (χ1n) is 5.60. The van der Waals surface area contributed by atoms with E-state index in [9.17, 15) is 26.3 Å². The van der Waals surface area contributed by atoms with Crippen molar-refractivity contribution in [3.05, 3.63) is 0 Å². The van der Waals surface area contributed by atoms with Crippen molar-refractivity contribution in [3.8, 4) is 0 Å². The van der Waals surface area contributed by atoms with Gasteiger partial charge in [0.05, 0.1) is 0 Å². The number of halogens is 6. The molecule has 0 aliphatic heterocycles. The summed E-state index contributed by atoms with van der Waals surface area (Å²) in [7, 11) is 0. The van der Waals surface area contributed by atoms with Crippen LogP contribution in [0.3, 0.4) is 0 Å². The maximum absolute atomic E-state index is 13.7. The van der Waals surface area contributed by atoms with Crippen LogP contribution in [0.2, 0.25) is 29.6 Å². The molecule has 0 radical (unpaired) electrons. The Hall–Kier alpha value is 1.18. The minimum atomic E-state index is -4.60. The molecule has 0 aromatic heterocycles. The van der Waals surface area contributed by atoms with Crippen molar-refractivity contribution in [1.82, 2.24) is 0 Å². The molecule has 0 bridgehead atoms. The molecule has 0 nitrogen and oxygen atoms in total. The normalized spacial score (nSPS) is 18.7. The van der Waals surface area contributed by atoms with Crippen molar-refractivity contribution >= 4 is 36.8 Å². The van der Waals surface area contributed by atoms with Crippen LogP contribution in [-0.2, 0) is 0 Å². The van der Waals surface area contributed by atoms with E-state index in [0.717, 1.165) is 14.8 Å². The summed E-state index contributed by atoms with van der Waals surface area (Å²) < 4.78 is 74.9. The van der Waals surface area contributed by atoms with Crippen LogP contribution in [0.25, 0.3) is 0 Å². The molecule has 0 spiro atoms. The van der Waals surface area contributed by atoms with E-state index in [0.29, 0.717) is 0 Å². The first-order chi connectivity index (χ1) is 7.56. The zero-order chi connectivity index (χ0) is 15.2. The zero-order valence-electron chi connectivity index (χ0n) is 11.4. The topological polar surface area (TPSA) is 0 Å². The van der Waals surface area contributed by atoms with Crippen LogP contribution in [0, 0.1) is 0 Å². The van der Waals surface area contributed by atoms with Gasteiger partial charge in [0.25, 0.3) is 0 Å². The van der Waals surface area contributed by atoms with Crippen LogP contribution in [0.5, 0.6) is 0 Å². The Bertz CT molecular complexity index is 292. The number of hydrogen-bond acceptors (Lipinski definition) is 0. The van der Waals surface area contributed by atoms with Gasteiger partial charge in [-0.05, 0) is 0 Å². The number of hydrogen-bond donors (Lipinski definition) is 0. The van der Waals surface area contributed by atoms with Crippen LogP contribution in [-0.4, -0.2) is 57.0 Å². The van der Waals surface area contributed by atoms with Gasteiger partial charge in [-0.3, -0.25) is 0 Å². The summed E-state index contributed by atoms with van der Waals surface area (Å²) in [5.74, 6) is -4.60. The van der Waals surface area contributed by atoms with Gasteiger partial charge in [0.2, 0.25) is 0 Å². The third-order valence-corrected chi connectivity index (χ3v) is 14.6. The molecule has 0 heterocycles. The summed E-state index contributed by atoms with van der Waals surface area (Å²) >= 11 is -8.07. The van der Waals surface area contributed by atoms with E-state index in [4.69, 9.17) is 0 Å². The van der Waals surface area contributed by atoms with Crippen molar-refractivity contribution in [2.24, 2.45) is 0 Å². The fourth-order valence-corrected chi connectivity index (χ4v) is 7.76. The summed E-state index contributed by atoms with van der Waals surface area (Å²) in [4.78, 5) is 7.47. The molecule has 0 fully saturated rings. The summed E-state index contributed by atoms with van der Waals surface area (Å²) in [6, 6.07) is 0. The van der Waals surface area contributed by atoms with E-state index < -0.39 is 57.0 Å². The molecule has 0 saturated heterocycles. The zero-order valence-corrected chi connectivity index (χ0v) is 17.1. The van der Waals surface area contributed by atoms with Gasteiger partial charge < -0.3 is 0 Å². The monoisotopic (exact) mass is 494 g/mol. The Morgan fingerprint density at radius 1 is 0.778 bits per heavy atom. The minimum absolute atomic E-state index is 1.16.